The van der Waals surface area contributed by atoms with E-state index in [0.717, 1.165) is 36.4 Å². The number of phenols is 1. The first-order valence-corrected chi connectivity index (χ1v) is 22.5. The minimum Gasteiger partial charge on any atom is -0.507 e. The Morgan fingerprint density at radius 1 is 0.630 bits per heavy atom. The van der Waals surface area contributed by atoms with E-state index in [4.69, 9.17) is 26.4 Å². The van der Waals surface area contributed by atoms with E-state index >= 15 is 0 Å². The SMILES string of the molecule is Nc1cc2ccc(S(=O)(=O)O)cc2cc1S(=O)(=O)O.O=C(Nc1cc(S(=O)(=O)O)cc2cc(S(=O)(=O)O)cc(O)c12)c1ccc(CS(=O)(=O)CCCl)cc1. The number of nitrogens with one attached hydrogen (secondary N) is 1. The molecule has 0 fully saturated rings. The second-order valence-corrected chi connectivity index (χ2v) is 19.5. The van der Waals surface area contributed by atoms with Crippen molar-refractivity contribution in [3.05, 3.63) is 90.0 Å². The lowest BCUT2D eigenvalue weighted by atomic mass is 10.1. The van der Waals surface area contributed by atoms with Gasteiger partial charge in [-0.2, -0.15) is 33.7 Å². The van der Waals surface area contributed by atoms with Crippen LogP contribution in [0.3, 0.4) is 0 Å². The van der Waals surface area contributed by atoms with Crippen molar-refractivity contribution in [2.75, 3.05) is 22.7 Å². The number of nitrogens with two attached hydrogens (primary N) is 1. The first-order chi connectivity index (χ1) is 24.7. The Kier molecular flexibility index (Phi) is 12.0. The predicted octanol–water partition coefficient (Wildman–Crippen LogP) is 3.36. The maximum absolute atomic E-state index is 12.8. The second kappa shape index (κ2) is 15.4. The number of phenolic OH excluding ortho intramolecular Hbond substituents is 1. The molecule has 0 aliphatic rings. The maximum atomic E-state index is 12.8. The van der Waals surface area contributed by atoms with Crippen LogP contribution in [0.1, 0.15) is 15.9 Å². The summed E-state index contributed by atoms with van der Waals surface area (Å²) < 4.78 is 151. The highest BCUT2D eigenvalue weighted by atomic mass is 35.5. The van der Waals surface area contributed by atoms with Crippen LogP contribution in [0, 0.1) is 0 Å². The molecule has 0 heterocycles. The van der Waals surface area contributed by atoms with Crippen LogP contribution >= 0.6 is 11.6 Å². The Balaban J connectivity index is 0.000000287. The van der Waals surface area contributed by atoms with Gasteiger partial charge in [-0.05, 0) is 76.3 Å². The van der Waals surface area contributed by atoms with Gasteiger partial charge in [-0.1, -0.05) is 18.2 Å². The van der Waals surface area contributed by atoms with Crippen molar-refractivity contribution < 1.29 is 70.2 Å². The summed E-state index contributed by atoms with van der Waals surface area (Å²) in [6, 6.07) is 14.7. The third kappa shape index (κ3) is 10.4. The van der Waals surface area contributed by atoms with E-state index < -0.39 is 76.7 Å². The standard InChI is InChI=1S/C20H18ClNO10S3.C10H9NO6S2/c21-5-6-33(25,26)11-12-1-3-13(4-2-12)20(24)22-17-9-15(34(27,28)29)7-14-8-16(35(30,31)32)10-18(23)19(14)17;11-9-4-6-1-2-8(18(12,13)14)3-7(6)5-10(9)19(15,16)17/h1-4,7-10,23H,5-6,11H2,(H,22,24)(H,27,28,29)(H,30,31,32);1-5H,11H2,(H,12,13,14)(H,15,16,17). The molecule has 0 spiro atoms. The number of aromatic hydroxyl groups is 1. The van der Waals surface area contributed by atoms with Gasteiger partial charge in [0.2, 0.25) is 0 Å². The van der Waals surface area contributed by atoms with Crippen LogP contribution in [-0.2, 0) is 56.1 Å². The van der Waals surface area contributed by atoms with Crippen molar-refractivity contribution in [2.24, 2.45) is 0 Å². The van der Waals surface area contributed by atoms with Crippen LogP contribution < -0.4 is 11.1 Å². The summed E-state index contributed by atoms with van der Waals surface area (Å²) in [4.78, 5) is 10.4. The summed E-state index contributed by atoms with van der Waals surface area (Å²) >= 11 is 5.47. The lowest BCUT2D eigenvalue weighted by Crippen LogP contribution is -2.14. The zero-order chi connectivity index (χ0) is 40.6. The fraction of sp³-hybridized carbons (Fsp3) is 0.100. The number of amides is 1. The maximum Gasteiger partial charge on any atom is 0.296 e. The van der Waals surface area contributed by atoms with Gasteiger partial charge in [0.15, 0.2) is 9.84 Å². The molecular weight excluding hydrogens is 840 g/mol. The zero-order valence-electron chi connectivity index (χ0n) is 26.9. The van der Waals surface area contributed by atoms with E-state index in [1.807, 2.05) is 0 Å². The van der Waals surface area contributed by atoms with Gasteiger partial charge >= 0.3 is 0 Å². The number of nitrogen functional groups attached to an aromatic ring is 1. The molecule has 0 bridgehead atoms. The summed E-state index contributed by atoms with van der Waals surface area (Å²) in [5.74, 6) is -2.04. The van der Waals surface area contributed by atoms with E-state index in [2.05, 4.69) is 5.32 Å². The number of carbonyl (C=O) groups is 1. The molecule has 8 N–H and O–H groups in total. The third-order valence-electron chi connectivity index (χ3n) is 7.33. The van der Waals surface area contributed by atoms with E-state index in [0.29, 0.717) is 17.0 Å². The molecule has 24 heteroatoms. The smallest absolute Gasteiger partial charge is 0.296 e. The molecule has 0 saturated carbocycles. The molecule has 0 atom stereocenters. The Bertz CT molecular complexity index is 2880. The summed E-state index contributed by atoms with van der Waals surface area (Å²) in [7, 11) is -21.9. The number of rotatable bonds is 10. The largest absolute Gasteiger partial charge is 0.507 e. The number of sulfone groups is 1. The third-order valence-corrected chi connectivity index (χ3v) is 12.8. The van der Waals surface area contributed by atoms with Gasteiger partial charge in [-0.25, -0.2) is 8.42 Å². The number of alkyl halides is 1. The van der Waals surface area contributed by atoms with Crippen molar-refractivity contribution in [1.29, 1.82) is 0 Å². The average molecular weight is 867 g/mol. The van der Waals surface area contributed by atoms with Gasteiger partial charge < -0.3 is 16.2 Å². The Morgan fingerprint density at radius 2 is 1.17 bits per heavy atom. The molecule has 0 radical (unpaired) electrons. The Labute approximate surface area is 313 Å². The van der Waals surface area contributed by atoms with Gasteiger partial charge in [0, 0.05) is 22.9 Å². The monoisotopic (exact) mass is 866 g/mol. The molecule has 0 saturated heterocycles. The van der Waals surface area contributed by atoms with Gasteiger partial charge in [-0.15, -0.1) is 11.6 Å². The fourth-order valence-electron chi connectivity index (χ4n) is 4.88. The summed E-state index contributed by atoms with van der Waals surface area (Å²) in [5, 5.41) is 13.0. The van der Waals surface area contributed by atoms with Crippen molar-refractivity contribution >= 4 is 101 Å². The molecule has 5 aromatic carbocycles. The van der Waals surface area contributed by atoms with Crippen molar-refractivity contribution in [3.63, 3.8) is 0 Å². The van der Waals surface area contributed by atoms with E-state index in [1.54, 1.807) is 0 Å². The molecule has 0 aliphatic heterocycles. The normalized spacial score (nSPS) is 12.6. The molecule has 0 aliphatic carbocycles. The molecule has 290 valence electrons. The average Bonchev–Trinajstić information content (AvgIpc) is 3.02. The summed E-state index contributed by atoms with van der Waals surface area (Å²) in [6.07, 6.45) is 0. The highest BCUT2D eigenvalue weighted by Crippen LogP contribution is 2.37. The van der Waals surface area contributed by atoms with E-state index in [1.165, 1.54) is 36.4 Å². The van der Waals surface area contributed by atoms with Crippen LogP contribution in [0.5, 0.6) is 5.75 Å². The first-order valence-electron chi connectivity index (χ1n) is 14.4. The van der Waals surface area contributed by atoms with E-state index in [9.17, 15) is 61.1 Å². The lowest BCUT2D eigenvalue weighted by Gasteiger charge is -2.13. The van der Waals surface area contributed by atoms with Gasteiger partial charge in [0.1, 0.15) is 10.6 Å². The zero-order valence-corrected chi connectivity index (χ0v) is 31.7. The molecule has 18 nitrogen and oxygen atoms in total. The molecule has 5 rings (SSSR count). The van der Waals surface area contributed by atoms with Crippen LogP contribution in [0.4, 0.5) is 11.4 Å². The number of fused-ring (bicyclic) bond motifs is 2. The second-order valence-electron chi connectivity index (χ2n) is 11.2. The topological polar surface area (TPSA) is 327 Å². The van der Waals surface area contributed by atoms with Crippen molar-refractivity contribution in [3.8, 4) is 5.75 Å². The van der Waals surface area contributed by atoms with Crippen LogP contribution in [-0.4, -0.2) is 82.9 Å². The number of halogens is 1. The number of hydrogen-bond acceptors (Lipinski definition) is 13. The highest BCUT2D eigenvalue weighted by molar-refractivity contribution is 7.90. The summed E-state index contributed by atoms with van der Waals surface area (Å²) in [6.45, 7) is 0. The van der Waals surface area contributed by atoms with Gasteiger partial charge in [0.25, 0.3) is 46.4 Å². The predicted molar refractivity (Wildman–Crippen MR) is 196 cm³/mol. The highest BCUT2D eigenvalue weighted by Gasteiger charge is 2.22. The quantitative estimate of drug-likeness (QED) is 0.0601. The van der Waals surface area contributed by atoms with E-state index in [-0.39, 0.29) is 55.4 Å². The lowest BCUT2D eigenvalue weighted by molar-refractivity contribution is 0.102. The van der Waals surface area contributed by atoms with Crippen LogP contribution in [0.15, 0.2) is 98.4 Å². The minimum absolute atomic E-state index is 0.0444. The molecule has 5 aromatic rings. The van der Waals surface area contributed by atoms with Gasteiger partial charge in [0.05, 0.1) is 37.6 Å². The molecule has 54 heavy (non-hydrogen) atoms. The van der Waals surface area contributed by atoms with Crippen molar-refractivity contribution in [2.45, 2.75) is 25.3 Å². The summed E-state index contributed by atoms with van der Waals surface area (Å²) in [5.41, 5.74) is 5.50. The van der Waals surface area contributed by atoms with Gasteiger partial charge in [-0.3, -0.25) is 23.0 Å². The molecule has 0 aromatic heterocycles. The number of anilines is 2. The van der Waals surface area contributed by atoms with Crippen molar-refractivity contribution in [1.82, 2.24) is 0 Å². The van der Waals surface area contributed by atoms with Crippen LogP contribution in [0.25, 0.3) is 21.5 Å². The Morgan fingerprint density at radius 3 is 1.69 bits per heavy atom. The fourth-order valence-corrected chi connectivity index (χ4v) is 8.89. The minimum atomic E-state index is -4.82. The van der Waals surface area contributed by atoms with Crippen LogP contribution in [0.2, 0.25) is 0 Å². The molecule has 1 amide bonds. The number of hydrogen-bond donors (Lipinski definition) is 7. The molecular formula is C30H27ClN2O16S5. The molecule has 0 unspecified atom stereocenters. The first kappa shape index (κ1) is 42.3. The number of benzene rings is 5. The Hall–Kier alpha value is -4.43. The number of carbonyl (C=O) groups excluding carboxylic acids is 1.